The Bertz CT molecular complexity index is 298. The van der Waals surface area contributed by atoms with E-state index in [0.717, 1.165) is 10.4 Å². The third-order valence-electron chi connectivity index (χ3n) is 1.36. The van der Waals surface area contributed by atoms with Crippen LogP contribution in [0.3, 0.4) is 0 Å². The summed E-state index contributed by atoms with van der Waals surface area (Å²) in [6, 6.07) is 7.22. The number of benzene rings is 1. The second-order valence-corrected chi connectivity index (χ2v) is 2.25. The van der Waals surface area contributed by atoms with E-state index in [-0.39, 0.29) is 5.76 Å². The average Bonchev–Trinajstić information content (AvgIpc) is 1.88. The minimum atomic E-state index is 0.0972. The van der Waals surface area contributed by atoms with Crippen LogP contribution in [0, 0.1) is 0 Å². The van der Waals surface area contributed by atoms with Gasteiger partial charge >= 0.3 is 0 Å². The third-order valence-corrected chi connectivity index (χ3v) is 1.36. The molecular formula is C9H9O-. The molecular weight excluding hydrogens is 124 g/mol. The van der Waals surface area contributed by atoms with Crippen LogP contribution in [0.25, 0.3) is 12.3 Å². The zero-order chi connectivity index (χ0) is 7.56. The zero-order valence-electron chi connectivity index (χ0n) is 5.92. The number of hydrogen-bond donors (Lipinski definition) is 0. The normalized spacial score (nSPS) is 9.30. The first-order valence-corrected chi connectivity index (χ1v) is 3.13. The fraction of sp³-hybridized carbons (Fsp3) is 0.111. The molecule has 1 aromatic carbocycles. The molecule has 10 heavy (non-hydrogen) atoms. The molecule has 0 saturated carbocycles. The highest BCUT2D eigenvalue weighted by molar-refractivity contribution is 5.29. The molecule has 0 atom stereocenters. The second kappa shape index (κ2) is 2.56. The molecule has 0 aliphatic heterocycles. The first kappa shape index (κ1) is 6.87. The lowest BCUT2D eigenvalue weighted by Gasteiger charge is -2.01. The Morgan fingerprint density at radius 3 is 2.20 bits per heavy atom. The van der Waals surface area contributed by atoms with Crippen molar-refractivity contribution in [2.75, 3.05) is 0 Å². The van der Waals surface area contributed by atoms with Gasteiger partial charge in [-0.1, -0.05) is 37.8 Å². The monoisotopic (exact) mass is 133 g/mol. The van der Waals surface area contributed by atoms with Crippen molar-refractivity contribution in [2.24, 2.45) is 0 Å². The van der Waals surface area contributed by atoms with Gasteiger partial charge in [-0.25, -0.2) is 0 Å². The van der Waals surface area contributed by atoms with Crippen molar-refractivity contribution >= 4 is 12.3 Å². The van der Waals surface area contributed by atoms with Crippen molar-refractivity contribution in [3.8, 4) is 0 Å². The zero-order valence-corrected chi connectivity index (χ0v) is 5.92. The lowest BCUT2D eigenvalue weighted by Crippen LogP contribution is -2.14. The fourth-order valence-electron chi connectivity index (χ4n) is 0.739. The molecule has 52 valence electrons. The topological polar surface area (TPSA) is 23.1 Å². The van der Waals surface area contributed by atoms with E-state index in [2.05, 4.69) is 6.58 Å². The molecule has 0 N–H and O–H groups in total. The summed E-state index contributed by atoms with van der Waals surface area (Å²) in [6.45, 7) is 5.26. The molecule has 0 bridgehead atoms. The van der Waals surface area contributed by atoms with E-state index in [1.807, 2.05) is 12.1 Å². The Hall–Kier alpha value is -1.24. The van der Waals surface area contributed by atoms with E-state index in [1.54, 1.807) is 19.1 Å². The van der Waals surface area contributed by atoms with Crippen molar-refractivity contribution in [2.45, 2.75) is 6.92 Å². The molecule has 1 rings (SSSR count). The molecule has 0 fully saturated rings. The molecule has 0 aromatic heterocycles. The van der Waals surface area contributed by atoms with E-state index in [4.69, 9.17) is 0 Å². The Morgan fingerprint density at radius 1 is 1.30 bits per heavy atom. The highest BCUT2D eigenvalue weighted by Crippen LogP contribution is 1.73. The predicted molar refractivity (Wildman–Crippen MR) is 40.3 cm³/mol. The van der Waals surface area contributed by atoms with Crippen LogP contribution in [0.1, 0.15) is 6.92 Å². The van der Waals surface area contributed by atoms with Gasteiger partial charge < -0.3 is 5.11 Å². The van der Waals surface area contributed by atoms with Crippen LogP contribution in [0.2, 0.25) is 0 Å². The summed E-state index contributed by atoms with van der Waals surface area (Å²) >= 11 is 0. The lowest BCUT2D eigenvalue weighted by atomic mass is 10.2. The highest BCUT2D eigenvalue weighted by Gasteiger charge is 1.75. The van der Waals surface area contributed by atoms with E-state index in [1.165, 1.54) is 0 Å². The quantitative estimate of drug-likeness (QED) is 0.471. The van der Waals surface area contributed by atoms with Crippen molar-refractivity contribution in [3.63, 3.8) is 0 Å². The summed E-state index contributed by atoms with van der Waals surface area (Å²) < 4.78 is 0. The van der Waals surface area contributed by atoms with Crippen LogP contribution >= 0.6 is 0 Å². The van der Waals surface area contributed by atoms with Gasteiger partial charge in [0, 0.05) is 0 Å². The maximum absolute atomic E-state index is 10.7. The second-order valence-electron chi connectivity index (χ2n) is 2.25. The Labute approximate surface area is 59.9 Å². The SMILES string of the molecule is C=c1ccc(=C(C)[O-])cc1. The summed E-state index contributed by atoms with van der Waals surface area (Å²) in [5.74, 6) is 0.0972. The van der Waals surface area contributed by atoms with Crippen LogP contribution in [0.15, 0.2) is 24.3 Å². The molecule has 0 heterocycles. The largest absolute Gasteiger partial charge is 0.875 e. The van der Waals surface area contributed by atoms with Crippen LogP contribution in [0.4, 0.5) is 0 Å². The minimum absolute atomic E-state index is 0.0972. The smallest absolute Gasteiger partial charge is 0.0328 e. The summed E-state index contributed by atoms with van der Waals surface area (Å²) in [4.78, 5) is 0. The molecule has 0 radical (unpaired) electrons. The Balaban J connectivity index is 3.39. The van der Waals surface area contributed by atoms with Crippen molar-refractivity contribution in [1.29, 1.82) is 0 Å². The van der Waals surface area contributed by atoms with Crippen molar-refractivity contribution in [1.82, 2.24) is 0 Å². The molecule has 1 heteroatoms. The summed E-state index contributed by atoms with van der Waals surface area (Å²) in [6.07, 6.45) is 0. The van der Waals surface area contributed by atoms with Gasteiger partial charge in [0.25, 0.3) is 0 Å². The average molecular weight is 133 g/mol. The molecule has 0 spiro atoms. The number of hydrogen-bond acceptors (Lipinski definition) is 1. The molecule has 0 saturated heterocycles. The maximum atomic E-state index is 10.7. The van der Waals surface area contributed by atoms with Crippen LogP contribution < -0.4 is 15.5 Å². The van der Waals surface area contributed by atoms with E-state index < -0.39 is 0 Å². The lowest BCUT2D eigenvalue weighted by molar-refractivity contribution is -0.248. The van der Waals surface area contributed by atoms with Gasteiger partial charge in [-0.3, -0.25) is 0 Å². The maximum Gasteiger partial charge on any atom is -0.0328 e. The van der Waals surface area contributed by atoms with Gasteiger partial charge in [-0.05, 0) is 10.4 Å². The van der Waals surface area contributed by atoms with Crippen molar-refractivity contribution in [3.05, 3.63) is 34.7 Å². The molecule has 0 amide bonds. The standard InChI is InChI=1S/C9H10O/c1-7-3-5-9(6-4-7)8(2)10/h3-6,10H,1H2,2H3/p-1. The molecule has 0 aliphatic carbocycles. The third kappa shape index (κ3) is 1.38. The predicted octanol–water partition coefficient (Wildman–Crippen LogP) is -0.415. The summed E-state index contributed by atoms with van der Waals surface area (Å²) in [5, 5.41) is 12.4. The molecule has 1 aromatic rings. The highest BCUT2D eigenvalue weighted by atomic mass is 16.3. The molecule has 0 aliphatic rings. The summed E-state index contributed by atoms with van der Waals surface area (Å²) in [5.41, 5.74) is 0. The Kier molecular flexibility index (Phi) is 1.76. The molecule has 0 unspecified atom stereocenters. The van der Waals surface area contributed by atoms with Gasteiger partial charge in [0.15, 0.2) is 0 Å². The first-order chi connectivity index (χ1) is 4.70. The van der Waals surface area contributed by atoms with E-state index in [0.29, 0.717) is 0 Å². The van der Waals surface area contributed by atoms with Gasteiger partial charge in [0.2, 0.25) is 0 Å². The van der Waals surface area contributed by atoms with Gasteiger partial charge in [0.1, 0.15) is 0 Å². The minimum Gasteiger partial charge on any atom is -0.875 e. The number of rotatable bonds is 0. The van der Waals surface area contributed by atoms with Crippen LogP contribution in [-0.2, 0) is 0 Å². The van der Waals surface area contributed by atoms with E-state index >= 15 is 0 Å². The fourth-order valence-corrected chi connectivity index (χ4v) is 0.739. The summed E-state index contributed by atoms with van der Waals surface area (Å²) in [7, 11) is 0. The van der Waals surface area contributed by atoms with Crippen molar-refractivity contribution < 1.29 is 5.11 Å². The van der Waals surface area contributed by atoms with Crippen LogP contribution in [0.5, 0.6) is 0 Å². The van der Waals surface area contributed by atoms with Gasteiger partial charge in [-0.15, -0.1) is 5.76 Å². The van der Waals surface area contributed by atoms with E-state index in [9.17, 15) is 5.11 Å². The van der Waals surface area contributed by atoms with Crippen LogP contribution in [-0.4, -0.2) is 0 Å². The van der Waals surface area contributed by atoms with Gasteiger partial charge in [0.05, 0.1) is 0 Å². The molecule has 1 nitrogen and oxygen atoms in total. The first-order valence-electron chi connectivity index (χ1n) is 3.13. The Morgan fingerprint density at radius 2 is 1.80 bits per heavy atom. The van der Waals surface area contributed by atoms with Gasteiger partial charge in [-0.2, -0.15) is 0 Å².